The Morgan fingerprint density at radius 3 is 2.83 bits per heavy atom. The van der Waals surface area contributed by atoms with Crippen molar-refractivity contribution in [3.05, 3.63) is 0 Å². The van der Waals surface area contributed by atoms with E-state index in [2.05, 4.69) is 0 Å². The lowest BCUT2D eigenvalue weighted by atomic mass is 9.99. The van der Waals surface area contributed by atoms with Gasteiger partial charge in [-0.1, -0.05) is 0 Å². The molecule has 1 atom stereocenters. The molecule has 1 aliphatic heterocycles. The van der Waals surface area contributed by atoms with Crippen molar-refractivity contribution in [2.75, 3.05) is 13.1 Å². The molecule has 0 saturated carbocycles. The number of rotatable bonds is 1. The molecule has 1 aliphatic rings. The molecule has 0 spiro atoms. The van der Waals surface area contributed by atoms with Crippen molar-refractivity contribution in [1.29, 1.82) is 5.41 Å². The summed E-state index contributed by atoms with van der Waals surface area (Å²) in [4.78, 5) is 12.2. The van der Waals surface area contributed by atoms with Crippen molar-refractivity contribution in [2.45, 2.75) is 12.8 Å². The third kappa shape index (κ3) is 1.87. The Bertz CT molecular complexity index is 185. The number of nitrogens with zero attached hydrogens (tertiary/aromatic N) is 1. The summed E-state index contributed by atoms with van der Waals surface area (Å²) in [7, 11) is 0. The van der Waals surface area contributed by atoms with Crippen LogP contribution < -0.4 is 5.73 Å². The Labute approximate surface area is 70.7 Å². The van der Waals surface area contributed by atoms with Gasteiger partial charge < -0.3 is 15.7 Å². The summed E-state index contributed by atoms with van der Waals surface area (Å²) in [5.41, 5.74) is 5.25. The summed E-state index contributed by atoms with van der Waals surface area (Å²) in [5.74, 6) is -1.18. The average Bonchev–Trinajstić information content (AvgIpc) is 2.04. The molecule has 0 radical (unpaired) electrons. The molecule has 5 nitrogen and oxygen atoms in total. The molecule has 0 aromatic carbocycles. The predicted molar refractivity (Wildman–Crippen MR) is 43.8 cm³/mol. The fourth-order valence-electron chi connectivity index (χ4n) is 1.40. The van der Waals surface area contributed by atoms with Gasteiger partial charge in [-0.3, -0.25) is 10.2 Å². The summed E-state index contributed by atoms with van der Waals surface area (Å²) >= 11 is 0. The normalized spacial score (nSPS) is 23.7. The van der Waals surface area contributed by atoms with Gasteiger partial charge in [-0.15, -0.1) is 0 Å². The maximum absolute atomic E-state index is 10.6. The Morgan fingerprint density at radius 1 is 1.67 bits per heavy atom. The van der Waals surface area contributed by atoms with Crippen LogP contribution >= 0.6 is 0 Å². The highest BCUT2D eigenvalue weighted by molar-refractivity contribution is 5.76. The number of nitrogens with one attached hydrogen (secondary N) is 1. The van der Waals surface area contributed by atoms with E-state index in [0.717, 1.165) is 6.42 Å². The van der Waals surface area contributed by atoms with E-state index in [1.165, 1.54) is 0 Å². The molecule has 4 N–H and O–H groups in total. The first kappa shape index (κ1) is 8.83. The molecule has 1 rings (SSSR count). The number of piperidine rings is 1. The SMILES string of the molecule is N=C(N)N1CCCC(C(=O)O)C1. The van der Waals surface area contributed by atoms with Crippen LogP contribution in [0.2, 0.25) is 0 Å². The van der Waals surface area contributed by atoms with E-state index in [1.807, 2.05) is 0 Å². The number of carboxylic acids is 1. The maximum atomic E-state index is 10.6. The highest BCUT2D eigenvalue weighted by Gasteiger charge is 2.25. The summed E-state index contributed by atoms with van der Waals surface area (Å²) in [5, 5.41) is 15.8. The topological polar surface area (TPSA) is 90.4 Å². The first-order chi connectivity index (χ1) is 5.61. The molecule has 0 aromatic rings. The Balaban J connectivity index is 2.51. The van der Waals surface area contributed by atoms with Crippen LogP contribution in [0.15, 0.2) is 0 Å². The van der Waals surface area contributed by atoms with Crippen LogP contribution in [0.1, 0.15) is 12.8 Å². The fraction of sp³-hybridized carbons (Fsp3) is 0.714. The third-order valence-corrected chi connectivity index (χ3v) is 2.11. The fourth-order valence-corrected chi connectivity index (χ4v) is 1.40. The van der Waals surface area contributed by atoms with Gasteiger partial charge in [0.25, 0.3) is 0 Å². The second-order valence-electron chi connectivity index (χ2n) is 3.01. The minimum atomic E-state index is -0.791. The quantitative estimate of drug-likeness (QED) is 0.372. The second-order valence-corrected chi connectivity index (χ2v) is 3.01. The van der Waals surface area contributed by atoms with Crippen LogP contribution in [0.25, 0.3) is 0 Å². The van der Waals surface area contributed by atoms with Crippen LogP contribution in [-0.4, -0.2) is 35.0 Å². The lowest BCUT2D eigenvalue weighted by molar-refractivity contribution is -0.143. The number of hydrogen-bond acceptors (Lipinski definition) is 2. The number of carboxylic acid groups (broad SMARTS) is 1. The zero-order valence-electron chi connectivity index (χ0n) is 6.79. The van der Waals surface area contributed by atoms with Crippen molar-refractivity contribution < 1.29 is 9.90 Å². The predicted octanol–water partition coefficient (Wildman–Crippen LogP) is -0.324. The minimum absolute atomic E-state index is 0.0269. The smallest absolute Gasteiger partial charge is 0.308 e. The first-order valence-corrected chi connectivity index (χ1v) is 3.93. The Kier molecular flexibility index (Phi) is 2.52. The number of guanidine groups is 1. The number of likely N-dealkylation sites (tertiary alicyclic amines) is 1. The van der Waals surface area contributed by atoms with E-state index < -0.39 is 5.97 Å². The van der Waals surface area contributed by atoms with Crippen molar-refractivity contribution in [1.82, 2.24) is 4.90 Å². The van der Waals surface area contributed by atoms with E-state index in [1.54, 1.807) is 4.90 Å². The third-order valence-electron chi connectivity index (χ3n) is 2.11. The van der Waals surface area contributed by atoms with Crippen LogP contribution in [-0.2, 0) is 4.79 Å². The van der Waals surface area contributed by atoms with E-state index in [9.17, 15) is 4.79 Å². The van der Waals surface area contributed by atoms with Crippen molar-refractivity contribution >= 4 is 11.9 Å². The van der Waals surface area contributed by atoms with Crippen LogP contribution in [0.4, 0.5) is 0 Å². The van der Waals surface area contributed by atoms with Gasteiger partial charge in [0.1, 0.15) is 0 Å². The molecule has 68 valence electrons. The molecule has 1 heterocycles. The van der Waals surface area contributed by atoms with E-state index in [-0.39, 0.29) is 11.9 Å². The van der Waals surface area contributed by atoms with Gasteiger partial charge in [0.2, 0.25) is 0 Å². The lowest BCUT2D eigenvalue weighted by Gasteiger charge is -2.30. The van der Waals surface area contributed by atoms with E-state index >= 15 is 0 Å². The molecule has 5 heteroatoms. The summed E-state index contributed by atoms with van der Waals surface area (Å²) < 4.78 is 0. The standard InChI is InChI=1S/C7H13N3O2/c8-7(9)10-3-1-2-5(4-10)6(11)12/h5H,1-4H2,(H3,8,9)(H,11,12). The number of aliphatic carboxylic acids is 1. The molecule has 0 amide bonds. The lowest BCUT2D eigenvalue weighted by Crippen LogP contribution is -2.45. The molecule has 0 aliphatic carbocycles. The molecular weight excluding hydrogens is 158 g/mol. The Morgan fingerprint density at radius 2 is 2.33 bits per heavy atom. The summed E-state index contributed by atoms with van der Waals surface area (Å²) in [6.45, 7) is 1.09. The minimum Gasteiger partial charge on any atom is -0.481 e. The van der Waals surface area contributed by atoms with Crippen LogP contribution in [0, 0.1) is 11.3 Å². The van der Waals surface area contributed by atoms with Crippen LogP contribution in [0.3, 0.4) is 0 Å². The monoisotopic (exact) mass is 171 g/mol. The molecular formula is C7H13N3O2. The van der Waals surface area contributed by atoms with Gasteiger partial charge in [-0.05, 0) is 12.8 Å². The first-order valence-electron chi connectivity index (χ1n) is 3.93. The number of hydrogen-bond donors (Lipinski definition) is 3. The molecule has 0 bridgehead atoms. The maximum Gasteiger partial charge on any atom is 0.308 e. The number of nitrogens with two attached hydrogens (primary N) is 1. The van der Waals surface area contributed by atoms with Crippen molar-refractivity contribution in [3.8, 4) is 0 Å². The number of carbonyl (C=O) groups is 1. The van der Waals surface area contributed by atoms with Gasteiger partial charge in [0.05, 0.1) is 5.92 Å². The van der Waals surface area contributed by atoms with Crippen molar-refractivity contribution in [2.24, 2.45) is 11.7 Å². The van der Waals surface area contributed by atoms with Gasteiger partial charge in [-0.2, -0.15) is 0 Å². The van der Waals surface area contributed by atoms with Gasteiger partial charge >= 0.3 is 5.97 Å². The van der Waals surface area contributed by atoms with Gasteiger partial charge in [0, 0.05) is 13.1 Å². The highest BCUT2D eigenvalue weighted by Crippen LogP contribution is 2.15. The second kappa shape index (κ2) is 3.42. The highest BCUT2D eigenvalue weighted by atomic mass is 16.4. The Hall–Kier alpha value is -1.26. The summed E-state index contributed by atoms with van der Waals surface area (Å²) in [6, 6.07) is 0. The van der Waals surface area contributed by atoms with Gasteiger partial charge in [0.15, 0.2) is 5.96 Å². The molecule has 1 fully saturated rings. The molecule has 0 aromatic heterocycles. The average molecular weight is 171 g/mol. The molecule has 1 unspecified atom stereocenters. The van der Waals surface area contributed by atoms with Crippen LogP contribution in [0.5, 0.6) is 0 Å². The molecule has 12 heavy (non-hydrogen) atoms. The zero-order chi connectivity index (χ0) is 9.14. The zero-order valence-corrected chi connectivity index (χ0v) is 6.79. The largest absolute Gasteiger partial charge is 0.481 e. The van der Waals surface area contributed by atoms with Crippen molar-refractivity contribution in [3.63, 3.8) is 0 Å². The van der Waals surface area contributed by atoms with E-state index in [4.69, 9.17) is 16.2 Å². The van der Waals surface area contributed by atoms with E-state index in [0.29, 0.717) is 19.5 Å². The van der Waals surface area contributed by atoms with Gasteiger partial charge in [-0.25, -0.2) is 0 Å². The summed E-state index contributed by atoms with van der Waals surface area (Å²) in [6.07, 6.45) is 1.50. The molecule has 1 saturated heterocycles.